The van der Waals surface area contributed by atoms with Crippen molar-refractivity contribution < 1.29 is 9.90 Å². The molecule has 0 atom stereocenters. The summed E-state index contributed by atoms with van der Waals surface area (Å²) < 4.78 is 0. The summed E-state index contributed by atoms with van der Waals surface area (Å²) >= 11 is 0. The molecule has 4 heteroatoms. The fourth-order valence-electron chi connectivity index (χ4n) is 2.64. The number of carboxylic acid groups (broad SMARTS) is 1. The normalized spacial score (nSPS) is 17.2. The Kier molecular flexibility index (Phi) is 2.99. The number of aromatic nitrogens is 2. The summed E-state index contributed by atoms with van der Waals surface area (Å²) in [6.45, 7) is 4.05. The molecule has 1 aliphatic carbocycles. The van der Waals surface area contributed by atoms with Crippen LogP contribution in [0.4, 0.5) is 0 Å². The Bertz CT molecular complexity index is 390. The molecule has 2 rings (SSSR count). The van der Waals surface area contributed by atoms with Gasteiger partial charge in [-0.3, -0.25) is 5.10 Å². The minimum atomic E-state index is -0.927. The smallest absolute Gasteiger partial charge is 0.356 e. The van der Waals surface area contributed by atoms with Gasteiger partial charge in [0.2, 0.25) is 0 Å². The third-order valence-corrected chi connectivity index (χ3v) is 3.38. The number of nitrogens with zero attached hydrogens (tertiary/aromatic N) is 1. The first-order chi connectivity index (χ1) is 7.61. The lowest BCUT2D eigenvalue weighted by atomic mass is 9.92. The van der Waals surface area contributed by atoms with Crippen LogP contribution < -0.4 is 0 Å². The maximum atomic E-state index is 11.1. The Hall–Kier alpha value is -1.32. The highest BCUT2D eigenvalue weighted by atomic mass is 16.4. The Balaban J connectivity index is 2.40. The van der Waals surface area contributed by atoms with Gasteiger partial charge in [0, 0.05) is 17.2 Å². The topological polar surface area (TPSA) is 66.0 Å². The van der Waals surface area contributed by atoms with Crippen LogP contribution in [0, 0.1) is 0 Å². The van der Waals surface area contributed by atoms with Crippen molar-refractivity contribution in [1.82, 2.24) is 10.2 Å². The monoisotopic (exact) mass is 222 g/mol. The Morgan fingerprint density at radius 3 is 2.56 bits per heavy atom. The summed E-state index contributed by atoms with van der Waals surface area (Å²) in [6.07, 6.45) is 4.79. The minimum Gasteiger partial charge on any atom is -0.476 e. The molecule has 0 amide bonds. The van der Waals surface area contributed by atoms with Crippen LogP contribution in [0.5, 0.6) is 0 Å². The fourth-order valence-corrected chi connectivity index (χ4v) is 2.64. The Labute approximate surface area is 95.1 Å². The molecule has 4 nitrogen and oxygen atoms in total. The minimum absolute atomic E-state index is 0.205. The van der Waals surface area contributed by atoms with Gasteiger partial charge >= 0.3 is 5.97 Å². The lowest BCUT2D eigenvalue weighted by molar-refractivity contribution is 0.0689. The van der Waals surface area contributed by atoms with E-state index in [0.717, 1.165) is 24.1 Å². The number of carbonyl (C=O) groups is 1. The van der Waals surface area contributed by atoms with Crippen LogP contribution in [0.15, 0.2) is 0 Å². The Morgan fingerprint density at radius 1 is 1.44 bits per heavy atom. The molecule has 0 bridgehead atoms. The standard InChI is InChI=1S/C12H18N2O2/c1-7(2)9-10(8-5-3-4-6-8)13-14-11(9)12(15)16/h7-8H,3-6H2,1-2H3,(H,13,14)(H,15,16). The molecule has 0 radical (unpaired) electrons. The van der Waals surface area contributed by atoms with Gasteiger partial charge in [-0.25, -0.2) is 4.79 Å². The van der Waals surface area contributed by atoms with Crippen molar-refractivity contribution in [2.75, 3.05) is 0 Å². The van der Waals surface area contributed by atoms with E-state index in [1.807, 2.05) is 13.8 Å². The first-order valence-corrected chi connectivity index (χ1v) is 5.92. The average molecular weight is 222 g/mol. The molecule has 0 aliphatic heterocycles. The van der Waals surface area contributed by atoms with E-state index in [-0.39, 0.29) is 11.6 Å². The van der Waals surface area contributed by atoms with Crippen LogP contribution in [-0.4, -0.2) is 21.3 Å². The lowest BCUT2D eigenvalue weighted by Crippen LogP contribution is -2.05. The summed E-state index contributed by atoms with van der Waals surface area (Å²) in [5.41, 5.74) is 2.17. The predicted molar refractivity (Wildman–Crippen MR) is 60.8 cm³/mol. The largest absolute Gasteiger partial charge is 0.476 e. The number of H-pyrrole nitrogens is 1. The van der Waals surface area contributed by atoms with Crippen LogP contribution in [0.1, 0.15) is 73.1 Å². The highest BCUT2D eigenvalue weighted by molar-refractivity contribution is 5.87. The van der Waals surface area contributed by atoms with Crippen LogP contribution in [-0.2, 0) is 0 Å². The van der Waals surface area contributed by atoms with Gasteiger partial charge in [-0.1, -0.05) is 26.7 Å². The van der Waals surface area contributed by atoms with Gasteiger partial charge in [-0.15, -0.1) is 0 Å². The number of nitrogens with one attached hydrogen (secondary N) is 1. The zero-order valence-electron chi connectivity index (χ0n) is 9.79. The van der Waals surface area contributed by atoms with Crippen molar-refractivity contribution >= 4 is 5.97 Å². The van der Waals surface area contributed by atoms with Crippen LogP contribution in [0.3, 0.4) is 0 Å². The number of aromatic carboxylic acids is 1. The molecule has 0 aromatic carbocycles. The second-order valence-corrected chi connectivity index (χ2v) is 4.84. The van der Waals surface area contributed by atoms with Crippen LogP contribution in [0.2, 0.25) is 0 Å². The van der Waals surface area contributed by atoms with Gasteiger partial charge in [-0.05, 0) is 18.8 Å². The van der Waals surface area contributed by atoms with Crippen LogP contribution in [0.25, 0.3) is 0 Å². The van der Waals surface area contributed by atoms with E-state index in [9.17, 15) is 4.79 Å². The average Bonchev–Trinajstić information content (AvgIpc) is 2.85. The maximum absolute atomic E-state index is 11.1. The molecule has 1 heterocycles. The molecule has 1 fully saturated rings. The highest BCUT2D eigenvalue weighted by Gasteiger charge is 2.27. The second kappa shape index (κ2) is 4.28. The van der Waals surface area contributed by atoms with Crippen molar-refractivity contribution in [1.29, 1.82) is 0 Å². The van der Waals surface area contributed by atoms with Crippen molar-refractivity contribution in [3.63, 3.8) is 0 Å². The molecular weight excluding hydrogens is 204 g/mol. The van der Waals surface area contributed by atoms with E-state index in [1.54, 1.807) is 0 Å². The van der Waals surface area contributed by atoms with E-state index >= 15 is 0 Å². The lowest BCUT2D eigenvalue weighted by Gasteiger charge is -2.12. The van der Waals surface area contributed by atoms with Gasteiger partial charge in [0.25, 0.3) is 0 Å². The first kappa shape index (κ1) is 11.2. The molecule has 1 aromatic rings. The molecule has 0 saturated heterocycles. The number of rotatable bonds is 3. The van der Waals surface area contributed by atoms with Gasteiger partial charge in [0.1, 0.15) is 0 Å². The molecule has 1 aliphatic rings. The van der Waals surface area contributed by atoms with Gasteiger partial charge < -0.3 is 5.11 Å². The molecule has 0 unspecified atom stereocenters. The van der Waals surface area contributed by atoms with Crippen molar-refractivity contribution in [3.05, 3.63) is 17.0 Å². The molecular formula is C12H18N2O2. The van der Waals surface area contributed by atoms with Gasteiger partial charge in [-0.2, -0.15) is 5.10 Å². The van der Waals surface area contributed by atoms with Gasteiger partial charge in [0.05, 0.1) is 0 Å². The van der Waals surface area contributed by atoms with Crippen molar-refractivity contribution in [3.8, 4) is 0 Å². The van der Waals surface area contributed by atoms with Crippen molar-refractivity contribution in [2.24, 2.45) is 0 Å². The molecule has 88 valence electrons. The van der Waals surface area contributed by atoms with E-state index in [2.05, 4.69) is 10.2 Å². The highest BCUT2D eigenvalue weighted by Crippen LogP contribution is 2.37. The SMILES string of the molecule is CC(C)c1c(C(=O)O)n[nH]c1C1CCCC1. The predicted octanol–water partition coefficient (Wildman–Crippen LogP) is 2.89. The van der Waals surface area contributed by atoms with E-state index < -0.39 is 5.97 Å². The fraction of sp³-hybridized carbons (Fsp3) is 0.667. The first-order valence-electron chi connectivity index (χ1n) is 5.92. The summed E-state index contributed by atoms with van der Waals surface area (Å²) in [4.78, 5) is 11.1. The van der Waals surface area contributed by atoms with Crippen molar-refractivity contribution in [2.45, 2.75) is 51.4 Å². The van der Waals surface area contributed by atoms with E-state index in [1.165, 1.54) is 12.8 Å². The summed E-state index contributed by atoms with van der Waals surface area (Å²) in [6, 6.07) is 0. The Morgan fingerprint density at radius 2 is 2.06 bits per heavy atom. The van der Waals surface area contributed by atoms with E-state index in [4.69, 9.17) is 5.11 Å². The third-order valence-electron chi connectivity index (χ3n) is 3.38. The second-order valence-electron chi connectivity index (χ2n) is 4.84. The number of aromatic amines is 1. The molecule has 1 saturated carbocycles. The number of hydrogen-bond acceptors (Lipinski definition) is 2. The summed E-state index contributed by atoms with van der Waals surface area (Å²) in [5, 5.41) is 16.0. The number of carboxylic acids is 1. The van der Waals surface area contributed by atoms with Crippen LogP contribution >= 0.6 is 0 Å². The number of hydrogen-bond donors (Lipinski definition) is 2. The van der Waals surface area contributed by atoms with E-state index in [0.29, 0.717) is 5.92 Å². The zero-order chi connectivity index (χ0) is 11.7. The molecule has 1 aromatic heterocycles. The summed E-state index contributed by atoms with van der Waals surface area (Å²) in [7, 11) is 0. The molecule has 16 heavy (non-hydrogen) atoms. The van der Waals surface area contributed by atoms with Gasteiger partial charge in [0.15, 0.2) is 5.69 Å². The third kappa shape index (κ3) is 1.84. The summed E-state index contributed by atoms with van der Waals surface area (Å²) in [5.74, 6) is -0.234. The quantitative estimate of drug-likeness (QED) is 0.826. The molecule has 0 spiro atoms. The molecule has 2 N–H and O–H groups in total. The zero-order valence-corrected chi connectivity index (χ0v) is 9.79. The maximum Gasteiger partial charge on any atom is 0.356 e.